The Labute approximate surface area is 174 Å². The molecule has 0 spiro atoms. The van der Waals surface area contributed by atoms with Crippen molar-refractivity contribution >= 4 is 33.5 Å². The summed E-state index contributed by atoms with van der Waals surface area (Å²) < 4.78 is 11.6. The molecule has 1 heterocycles. The van der Waals surface area contributed by atoms with Crippen molar-refractivity contribution in [3.8, 4) is 5.75 Å². The first-order valence-corrected chi connectivity index (χ1v) is 9.79. The molecule has 0 aliphatic heterocycles. The molecule has 1 N–H and O–H groups in total. The first kappa shape index (κ1) is 19.7. The van der Waals surface area contributed by atoms with E-state index in [9.17, 15) is 9.59 Å². The van der Waals surface area contributed by atoms with Gasteiger partial charge in [-0.05, 0) is 86.3 Å². The summed E-state index contributed by atoms with van der Waals surface area (Å²) in [4.78, 5) is 25.2. The maximum absolute atomic E-state index is 12.8. The molecule has 30 heavy (non-hydrogen) atoms. The second-order valence-corrected chi connectivity index (χ2v) is 7.74. The van der Waals surface area contributed by atoms with Crippen LogP contribution in [0.25, 0.3) is 21.9 Å². The van der Waals surface area contributed by atoms with Crippen LogP contribution in [-0.2, 0) is 4.79 Å². The fraction of sp³-hybridized carbons (Fsp3) is 0.200. The minimum absolute atomic E-state index is 0.0784. The largest absolute Gasteiger partial charge is 0.484 e. The summed E-state index contributed by atoms with van der Waals surface area (Å²) in [5.74, 6) is 0.368. The van der Waals surface area contributed by atoms with Crippen molar-refractivity contribution in [1.82, 2.24) is 0 Å². The second-order valence-electron chi connectivity index (χ2n) is 7.74. The van der Waals surface area contributed by atoms with E-state index < -0.39 is 0 Å². The highest BCUT2D eigenvalue weighted by atomic mass is 16.5. The molecule has 0 saturated carbocycles. The number of aryl methyl sites for hydroxylation is 4. The predicted octanol–water partition coefficient (Wildman–Crippen LogP) is 5.20. The van der Waals surface area contributed by atoms with Gasteiger partial charge in [-0.15, -0.1) is 0 Å². The van der Waals surface area contributed by atoms with E-state index in [1.54, 1.807) is 18.2 Å². The summed E-state index contributed by atoms with van der Waals surface area (Å²) in [6.45, 7) is 7.80. The SMILES string of the molecule is Cc1cc(C)cc(OCC(=O)Nc2ccc3c(=O)c4cc(C)c(C)cc4oc3c2)c1. The summed E-state index contributed by atoms with van der Waals surface area (Å²) in [5.41, 5.74) is 5.69. The average molecular weight is 401 g/mol. The third-order valence-electron chi connectivity index (χ3n) is 5.14. The zero-order valence-corrected chi connectivity index (χ0v) is 17.5. The van der Waals surface area contributed by atoms with Crippen LogP contribution in [0.4, 0.5) is 5.69 Å². The van der Waals surface area contributed by atoms with Gasteiger partial charge in [-0.3, -0.25) is 9.59 Å². The molecular weight excluding hydrogens is 378 g/mol. The number of rotatable bonds is 4. The third-order valence-corrected chi connectivity index (χ3v) is 5.14. The molecule has 0 radical (unpaired) electrons. The Morgan fingerprint density at radius 2 is 1.53 bits per heavy atom. The Morgan fingerprint density at radius 3 is 2.27 bits per heavy atom. The van der Waals surface area contributed by atoms with E-state index in [-0.39, 0.29) is 17.9 Å². The number of hydrogen-bond donors (Lipinski definition) is 1. The van der Waals surface area contributed by atoms with E-state index in [2.05, 4.69) is 5.32 Å². The monoisotopic (exact) mass is 401 g/mol. The van der Waals surface area contributed by atoms with Crippen LogP contribution in [-0.4, -0.2) is 12.5 Å². The van der Waals surface area contributed by atoms with Gasteiger partial charge in [-0.25, -0.2) is 0 Å². The molecule has 5 nitrogen and oxygen atoms in total. The van der Waals surface area contributed by atoms with Crippen LogP contribution < -0.4 is 15.5 Å². The van der Waals surface area contributed by atoms with Gasteiger partial charge in [0.25, 0.3) is 5.91 Å². The standard InChI is InChI=1S/C25H23NO4/c1-14-7-15(2)9-19(8-14)29-13-24(27)26-18-5-6-20-23(12-18)30-22-11-17(4)16(3)10-21(22)25(20)28/h5-12H,13H2,1-4H3,(H,26,27). The van der Waals surface area contributed by atoms with Crippen LogP contribution in [0.15, 0.2) is 57.7 Å². The molecule has 5 heteroatoms. The normalized spacial score (nSPS) is 11.1. The minimum atomic E-state index is -0.289. The van der Waals surface area contributed by atoms with E-state index in [4.69, 9.17) is 9.15 Å². The lowest BCUT2D eigenvalue weighted by Crippen LogP contribution is -2.20. The lowest BCUT2D eigenvalue weighted by Gasteiger charge is -2.10. The third kappa shape index (κ3) is 3.92. The Balaban J connectivity index is 1.57. The van der Waals surface area contributed by atoms with E-state index in [0.717, 1.165) is 22.3 Å². The van der Waals surface area contributed by atoms with Gasteiger partial charge in [-0.1, -0.05) is 6.07 Å². The van der Waals surface area contributed by atoms with Gasteiger partial charge in [-0.2, -0.15) is 0 Å². The Morgan fingerprint density at radius 1 is 0.867 bits per heavy atom. The molecular formula is C25H23NO4. The van der Waals surface area contributed by atoms with Crippen molar-refractivity contribution in [3.63, 3.8) is 0 Å². The fourth-order valence-electron chi connectivity index (χ4n) is 3.55. The van der Waals surface area contributed by atoms with Crippen molar-refractivity contribution in [2.75, 3.05) is 11.9 Å². The molecule has 0 unspecified atom stereocenters. The fourth-order valence-corrected chi connectivity index (χ4v) is 3.55. The summed E-state index contributed by atoms with van der Waals surface area (Å²) in [6.07, 6.45) is 0. The summed E-state index contributed by atoms with van der Waals surface area (Å²) in [5, 5.41) is 3.84. The highest BCUT2D eigenvalue weighted by Crippen LogP contribution is 2.24. The van der Waals surface area contributed by atoms with Crippen LogP contribution in [0.3, 0.4) is 0 Å². The topological polar surface area (TPSA) is 68.5 Å². The number of amides is 1. The summed E-state index contributed by atoms with van der Waals surface area (Å²) >= 11 is 0. The van der Waals surface area contributed by atoms with Gasteiger partial charge in [0.15, 0.2) is 6.61 Å². The summed E-state index contributed by atoms with van der Waals surface area (Å²) in [6, 6.07) is 14.6. The first-order valence-electron chi connectivity index (χ1n) is 9.79. The zero-order chi connectivity index (χ0) is 21.4. The molecule has 1 amide bonds. The molecule has 0 atom stereocenters. The van der Waals surface area contributed by atoms with Crippen molar-refractivity contribution < 1.29 is 13.9 Å². The lowest BCUT2D eigenvalue weighted by molar-refractivity contribution is -0.118. The molecule has 0 bridgehead atoms. The maximum Gasteiger partial charge on any atom is 0.262 e. The number of carbonyl (C=O) groups is 1. The smallest absolute Gasteiger partial charge is 0.262 e. The van der Waals surface area contributed by atoms with Crippen LogP contribution >= 0.6 is 0 Å². The van der Waals surface area contributed by atoms with E-state index >= 15 is 0 Å². The number of anilines is 1. The molecule has 4 aromatic rings. The maximum atomic E-state index is 12.8. The molecule has 0 aliphatic rings. The van der Waals surface area contributed by atoms with E-state index in [0.29, 0.717) is 33.4 Å². The van der Waals surface area contributed by atoms with Gasteiger partial charge >= 0.3 is 0 Å². The van der Waals surface area contributed by atoms with Crippen LogP contribution in [0, 0.1) is 27.7 Å². The lowest BCUT2D eigenvalue weighted by atomic mass is 10.1. The summed E-state index contributed by atoms with van der Waals surface area (Å²) in [7, 11) is 0. The van der Waals surface area contributed by atoms with Crippen LogP contribution in [0.2, 0.25) is 0 Å². The molecule has 3 aromatic carbocycles. The first-order chi connectivity index (χ1) is 14.3. The predicted molar refractivity (Wildman–Crippen MR) is 120 cm³/mol. The quantitative estimate of drug-likeness (QED) is 0.478. The Kier molecular flexibility index (Phi) is 5.04. The van der Waals surface area contributed by atoms with Crippen LogP contribution in [0.5, 0.6) is 5.75 Å². The van der Waals surface area contributed by atoms with Gasteiger partial charge in [0.05, 0.1) is 10.8 Å². The highest BCUT2D eigenvalue weighted by molar-refractivity contribution is 5.96. The number of benzene rings is 3. The van der Waals surface area contributed by atoms with Crippen molar-refractivity contribution in [3.05, 3.63) is 81.0 Å². The number of fused-ring (bicyclic) bond motifs is 2. The van der Waals surface area contributed by atoms with Gasteiger partial charge in [0.1, 0.15) is 16.9 Å². The Bertz CT molecular complexity index is 1330. The average Bonchev–Trinajstić information content (AvgIpc) is 2.67. The van der Waals surface area contributed by atoms with Gasteiger partial charge in [0.2, 0.25) is 5.43 Å². The number of hydrogen-bond acceptors (Lipinski definition) is 4. The van der Waals surface area contributed by atoms with Gasteiger partial charge < -0.3 is 14.5 Å². The number of carbonyl (C=O) groups excluding carboxylic acids is 1. The van der Waals surface area contributed by atoms with Gasteiger partial charge in [0, 0.05) is 11.8 Å². The second kappa shape index (κ2) is 7.67. The van der Waals surface area contributed by atoms with Crippen molar-refractivity contribution in [2.45, 2.75) is 27.7 Å². The molecule has 4 rings (SSSR count). The Hall–Kier alpha value is -3.60. The molecule has 0 saturated heterocycles. The van der Waals surface area contributed by atoms with Crippen LogP contribution in [0.1, 0.15) is 22.3 Å². The molecule has 152 valence electrons. The minimum Gasteiger partial charge on any atom is -0.484 e. The number of ether oxygens (including phenoxy) is 1. The molecule has 0 aliphatic carbocycles. The van der Waals surface area contributed by atoms with E-state index in [1.807, 2.05) is 58.0 Å². The molecule has 1 aromatic heterocycles. The van der Waals surface area contributed by atoms with Crippen molar-refractivity contribution in [1.29, 1.82) is 0 Å². The number of nitrogens with one attached hydrogen (secondary N) is 1. The zero-order valence-electron chi connectivity index (χ0n) is 17.5. The highest BCUT2D eigenvalue weighted by Gasteiger charge is 2.11. The van der Waals surface area contributed by atoms with E-state index in [1.165, 1.54) is 0 Å². The van der Waals surface area contributed by atoms with Crippen molar-refractivity contribution in [2.24, 2.45) is 0 Å². The molecule has 0 fully saturated rings.